The van der Waals surface area contributed by atoms with Crippen LogP contribution in [0.4, 0.5) is 4.39 Å². The van der Waals surface area contributed by atoms with Crippen molar-refractivity contribution in [1.82, 2.24) is 9.62 Å². The molecule has 1 fully saturated rings. The van der Waals surface area contributed by atoms with Crippen molar-refractivity contribution in [2.45, 2.75) is 44.7 Å². The first-order chi connectivity index (χ1) is 9.21. The second kappa shape index (κ2) is 6.60. The maximum absolute atomic E-state index is 13.3. The molecule has 1 aliphatic heterocycles. The smallest absolute Gasteiger partial charge is 0.243 e. The van der Waals surface area contributed by atoms with Crippen molar-refractivity contribution in [3.05, 3.63) is 29.1 Å². The lowest BCUT2D eigenvalue weighted by Gasteiger charge is -2.35. The van der Waals surface area contributed by atoms with Crippen LogP contribution in [0.5, 0.6) is 0 Å². The molecule has 7 heteroatoms. The topological polar surface area (TPSA) is 49.4 Å². The van der Waals surface area contributed by atoms with E-state index in [4.69, 9.17) is 0 Å². The lowest BCUT2D eigenvalue weighted by atomic mass is 10.1. The van der Waals surface area contributed by atoms with Gasteiger partial charge in [-0.25, -0.2) is 12.8 Å². The third-order valence-corrected chi connectivity index (χ3v) is 5.68. The molecule has 0 radical (unpaired) electrons. The molecule has 120 valence electrons. The predicted molar refractivity (Wildman–Crippen MR) is 83.9 cm³/mol. The minimum Gasteiger partial charge on any atom is -0.309 e. The molecular formula is C14H22ClFN2O2S. The van der Waals surface area contributed by atoms with Gasteiger partial charge in [0.25, 0.3) is 0 Å². The van der Waals surface area contributed by atoms with Gasteiger partial charge in [0.2, 0.25) is 10.0 Å². The molecule has 0 aliphatic carbocycles. The summed E-state index contributed by atoms with van der Waals surface area (Å²) >= 11 is 0. The normalized spacial score (nSPS) is 23.7. The van der Waals surface area contributed by atoms with Crippen molar-refractivity contribution in [1.29, 1.82) is 0 Å². The Morgan fingerprint density at radius 3 is 2.00 bits per heavy atom. The number of benzene rings is 1. The van der Waals surface area contributed by atoms with Crippen LogP contribution in [0.2, 0.25) is 0 Å². The molecule has 0 spiro atoms. The van der Waals surface area contributed by atoms with E-state index >= 15 is 0 Å². The zero-order valence-corrected chi connectivity index (χ0v) is 14.3. The summed E-state index contributed by atoms with van der Waals surface area (Å²) in [4.78, 5) is 0.236. The van der Waals surface area contributed by atoms with Crippen molar-refractivity contribution in [2.24, 2.45) is 0 Å². The fourth-order valence-electron chi connectivity index (χ4n) is 2.91. The Bertz CT molecular complexity index is 588. The molecule has 1 aromatic carbocycles. The van der Waals surface area contributed by atoms with Crippen molar-refractivity contribution in [2.75, 3.05) is 13.1 Å². The van der Waals surface area contributed by atoms with E-state index in [1.165, 1.54) is 16.4 Å². The second-order valence-corrected chi connectivity index (χ2v) is 7.53. The minimum absolute atomic E-state index is 0. The van der Waals surface area contributed by atoms with Gasteiger partial charge >= 0.3 is 0 Å². The van der Waals surface area contributed by atoms with E-state index < -0.39 is 15.8 Å². The molecule has 2 unspecified atom stereocenters. The van der Waals surface area contributed by atoms with Gasteiger partial charge in [0.15, 0.2) is 0 Å². The van der Waals surface area contributed by atoms with Crippen LogP contribution in [0.3, 0.4) is 0 Å². The number of hydrogen-bond donors (Lipinski definition) is 1. The molecule has 1 aromatic rings. The summed E-state index contributed by atoms with van der Waals surface area (Å²) in [7, 11) is -3.58. The average molecular weight is 337 g/mol. The van der Waals surface area contributed by atoms with E-state index in [1.54, 1.807) is 13.8 Å². The Hall–Kier alpha value is -0.690. The molecule has 0 aromatic heterocycles. The lowest BCUT2D eigenvalue weighted by molar-refractivity contribution is 0.262. The maximum atomic E-state index is 13.3. The highest BCUT2D eigenvalue weighted by molar-refractivity contribution is 7.89. The van der Waals surface area contributed by atoms with Crippen LogP contribution in [0.15, 0.2) is 17.0 Å². The monoisotopic (exact) mass is 336 g/mol. The molecule has 1 heterocycles. The van der Waals surface area contributed by atoms with Gasteiger partial charge in [-0.1, -0.05) is 0 Å². The minimum atomic E-state index is -3.58. The summed E-state index contributed by atoms with van der Waals surface area (Å²) in [6.45, 7) is 8.06. The predicted octanol–water partition coefficient (Wildman–Crippen LogP) is 2.24. The quantitative estimate of drug-likeness (QED) is 0.901. The van der Waals surface area contributed by atoms with Crippen molar-refractivity contribution in [3.63, 3.8) is 0 Å². The van der Waals surface area contributed by atoms with Gasteiger partial charge in [0.1, 0.15) is 5.82 Å². The average Bonchev–Trinajstić information content (AvgIpc) is 2.25. The standard InChI is InChI=1S/C14H21FN2O2S.ClH/c1-9-5-13(15)6-10(2)14(9)20(18,19)17-7-11(3)16-12(4)8-17;/h5-6,11-12,16H,7-8H2,1-4H3;1H. The van der Waals surface area contributed by atoms with E-state index in [0.29, 0.717) is 24.2 Å². The highest BCUT2D eigenvalue weighted by atomic mass is 35.5. The van der Waals surface area contributed by atoms with Gasteiger partial charge < -0.3 is 5.32 Å². The van der Waals surface area contributed by atoms with E-state index in [0.717, 1.165) is 0 Å². The van der Waals surface area contributed by atoms with Crippen LogP contribution in [-0.4, -0.2) is 37.9 Å². The Kier molecular flexibility index (Phi) is 5.77. The first kappa shape index (κ1) is 18.4. The Labute approximate surface area is 132 Å². The molecule has 4 nitrogen and oxygen atoms in total. The summed E-state index contributed by atoms with van der Waals surface area (Å²) < 4.78 is 40.5. The first-order valence-corrected chi connectivity index (χ1v) is 8.18. The molecule has 1 aliphatic rings. The van der Waals surface area contributed by atoms with Crippen LogP contribution in [0.1, 0.15) is 25.0 Å². The molecule has 21 heavy (non-hydrogen) atoms. The zero-order valence-electron chi connectivity index (χ0n) is 12.7. The Balaban J connectivity index is 0.00000220. The molecule has 1 saturated heterocycles. The Morgan fingerprint density at radius 2 is 1.57 bits per heavy atom. The maximum Gasteiger partial charge on any atom is 0.243 e. The molecule has 2 atom stereocenters. The first-order valence-electron chi connectivity index (χ1n) is 6.74. The molecule has 1 N–H and O–H groups in total. The van der Waals surface area contributed by atoms with Crippen LogP contribution in [0, 0.1) is 19.7 Å². The van der Waals surface area contributed by atoms with E-state index in [9.17, 15) is 12.8 Å². The lowest BCUT2D eigenvalue weighted by Crippen LogP contribution is -2.55. The van der Waals surface area contributed by atoms with Crippen LogP contribution < -0.4 is 5.32 Å². The van der Waals surface area contributed by atoms with Crippen LogP contribution in [-0.2, 0) is 10.0 Å². The van der Waals surface area contributed by atoms with E-state index in [2.05, 4.69) is 5.32 Å². The van der Waals surface area contributed by atoms with Crippen LogP contribution in [0.25, 0.3) is 0 Å². The molecule has 0 amide bonds. The molecule has 0 bridgehead atoms. The van der Waals surface area contributed by atoms with E-state index in [1.807, 2.05) is 13.8 Å². The second-order valence-electron chi connectivity index (χ2n) is 5.66. The summed E-state index contributed by atoms with van der Waals surface area (Å²) in [5, 5.41) is 3.30. The largest absolute Gasteiger partial charge is 0.309 e. The molecule has 0 saturated carbocycles. The molecule has 2 rings (SSSR count). The number of hydrogen-bond acceptors (Lipinski definition) is 3. The van der Waals surface area contributed by atoms with Gasteiger partial charge in [-0.2, -0.15) is 4.31 Å². The number of nitrogens with one attached hydrogen (secondary N) is 1. The van der Waals surface area contributed by atoms with Gasteiger partial charge in [-0.15, -0.1) is 12.4 Å². The van der Waals surface area contributed by atoms with Gasteiger partial charge in [-0.3, -0.25) is 0 Å². The number of nitrogens with zero attached hydrogens (tertiary/aromatic N) is 1. The Morgan fingerprint density at radius 1 is 1.14 bits per heavy atom. The summed E-state index contributed by atoms with van der Waals surface area (Å²) in [6, 6.07) is 2.76. The summed E-state index contributed by atoms with van der Waals surface area (Å²) in [5.74, 6) is -0.402. The highest BCUT2D eigenvalue weighted by Gasteiger charge is 2.33. The number of halogens is 2. The number of rotatable bonds is 2. The van der Waals surface area contributed by atoms with Crippen molar-refractivity contribution >= 4 is 22.4 Å². The van der Waals surface area contributed by atoms with Crippen LogP contribution >= 0.6 is 12.4 Å². The molecular weight excluding hydrogens is 315 g/mol. The number of aryl methyl sites for hydroxylation is 2. The van der Waals surface area contributed by atoms with E-state index in [-0.39, 0.29) is 29.4 Å². The highest BCUT2D eigenvalue weighted by Crippen LogP contribution is 2.26. The summed E-state index contributed by atoms with van der Waals surface area (Å²) in [6.07, 6.45) is 0. The third kappa shape index (κ3) is 3.74. The van der Waals surface area contributed by atoms with Crippen molar-refractivity contribution < 1.29 is 12.8 Å². The SMILES string of the molecule is Cc1cc(F)cc(C)c1S(=O)(=O)N1CC(C)NC(C)C1.Cl. The van der Waals surface area contributed by atoms with Crippen molar-refractivity contribution in [3.8, 4) is 0 Å². The number of piperazine rings is 1. The van der Waals surface area contributed by atoms with Gasteiger partial charge in [-0.05, 0) is 51.0 Å². The number of sulfonamides is 1. The fourth-order valence-corrected chi connectivity index (χ4v) is 4.94. The zero-order chi connectivity index (χ0) is 15.1. The summed E-state index contributed by atoms with van der Waals surface area (Å²) in [5.41, 5.74) is 0.919. The third-order valence-electron chi connectivity index (χ3n) is 3.55. The van der Waals surface area contributed by atoms with Gasteiger partial charge in [0, 0.05) is 25.2 Å². The fraction of sp³-hybridized carbons (Fsp3) is 0.571. The van der Waals surface area contributed by atoms with Gasteiger partial charge in [0.05, 0.1) is 4.90 Å².